The summed E-state index contributed by atoms with van der Waals surface area (Å²) in [6.45, 7) is 1.91. The highest BCUT2D eigenvalue weighted by molar-refractivity contribution is 9.10. The van der Waals surface area contributed by atoms with E-state index < -0.39 is 0 Å². The van der Waals surface area contributed by atoms with Crippen molar-refractivity contribution in [3.63, 3.8) is 0 Å². The first-order chi connectivity index (χ1) is 8.54. The van der Waals surface area contributed by atoms with Crippen molar-refractivity contribution in [3.8, 4) is 0 Å². The molecular weight excluding hydrogens is 297 g/mol. The minimum absolute atomic E-state index is 0.259. The molecule has 2 aromatic rings. The van der Waals surface area contributed by atoms with Gasteiger partial charge in [-0.25, -0.2) is 4.39 Å². The smallest absolute Gasteiger partial charge is 0.255 e. The molecule has 0 aliphatic carbocycles. The van der Waals surface area contributed by atoms with Crippen molar-refractivity contribution in [1.82, 2.24) is 0 Å². The van der Waals surface area contributed by atoms with Gasteiger partial charge in [-0.1, -0.05) is 22.0 Å². The molecule has 0 unspecified atom stereocenters. The van der Waals surface area contributed by atoms with E-state index in [0.29, 0.717) is 11.3 Å². The summed E-state index contributed by atoms with van der Waals surface area (Å²) < 4.78 is 13.8. The molecule has 0 radical (unpaired) electrons. The monoisotopic (exact) mass is 307 g/mol. The first-order valence-electron chi connectivity index (χ1n) is 5.39. The molecule has 0 saturated carbocycles. The van der Waals surface area contributed by atoms with Crippen molar-refractivity contribution in [3.05, 3.63) is 63.9 Å². The summed E-state index contributed by atoms with van der Waals surface area (Å²) in [5, 5.41) is 2.65. The predicted molar refractivity (Wildman–Crippen MR) is 73.2 cm³/mol. The topological polar surface area (TPSA) is 29.1 Å². The number of halogens is 2. The van der Waals surface area contributed by atoms with Crippen LogP contribution in [0.5, 0.6) is 0 Å². The number of nitrogens with one attached hydrogen (secondary N) is 1. The molecule has 0 aliphatic rings. The SMILES string of the molecule is Cc1cc(Br)cc(C(=O)Nc2cccc(F)c2)c1. The second-order valence-electron chi connectivity index (χ2n) is 3.98. The third-order valence-electron chi connectivity index (χ3n) is 2.39. The fraction of sp³-hybridized carbons (Fsp3) is 0.0714. The van der Waals surface area contributed by atoms with E-state index in [1.54, 1.807) is 24.3 Å². The molecule has 0 heterocycles. The van der Waals surface area contributed by atoms with Crippen LogP contribution >= 0.6 is 15.9 Å². The number of benzene rings is 2. The van der Waals surface area contributed by atoms with E-state index in [4.69, 9.17) is 0 Å². The van der Waals surface area contributed by atoms with Crippen LogP contribution in [0.15, 0.2) is 46.9 Å². The number of aryl methyl sites for hydroxylation is 1. The third-order valence-corrected chi connectivity index (χ3v) is 2.84. The van der Waals surface area contributed by atoms with Crippen LogP contribution in [0, 0.1) is 12.7 Å². The second-order valence-corrected chi connectivity index (χ2v) is 4.90. The van der Waals surface area contributed by atoms with E-state index in [9.17, 15) is 9.18 Å². The van der Waals surface area contributed by atoms with Crippen LogP contribution in [0.4, 0.5) is 10.1 Å². The van der Waals surface area contributed by atoms with Crippen molar-refractivity contribution >= 4 is 27.5 Å². The number of rotatable bonds is 2. The Hall–Kier alpha value is -1.68. The number of carbonyl (C=O) groups is 1. The summed E-state index contributed by atoms with van der Waals surface area (Å²) in [4.78, 5) is 12.0. The molecule has 1 N–H and O–H groups in total. The Morgan fingerprint density at radius 3 is 2.67 bits per heavy atom. The largest absolute Gasteiger partial charge is 0.322 e. The first-order valence-corrected chi connectivity index (χ1v) is 6.18. The van der Waals surface area contributed by atoms with Crippen LogP contribution in [-0.4, -0.2) is 5.91 Å². The molecule has 18 heavy (non-hydrogen) atoms. The Morgan fingerprint density at radius 2 is 2.00 bits per heavy atom. The minimum atomic E-state index is -0.377. The highest BCUT2D eigenvalue weighted by Gasteiger charge is 2.07. The van der Waals surface area contributed by atoms with Gasteiger partial charge >= 0.3 is 0 Å². The average molecular weight is 308 g/mol. The first kappa shape index (κ1) is 12.8. The van der Waals surface area contributed by atoms with Crippen molar-refractivity contribution in [2.45, 2.75) is 6.92 Å². The van der Waals surface area contributed by atoms with Gasteiger partial charge in [-0.3, -0.25) is 4.79 Å². The van der Waals surface area contributed by atoms with Gasteiger partial charge in [-0.2, -0.15) is 0 Å². The molecule has 2 nitrogen and oxygen atoms in total. The summed E-state index contributed by atoms with van der Waals surface area (Å²) in [5.74, 6) is -0.636. The number of carbonyl (C=O) groups excluding carboxylic acids is 1. The Morgan fingerprint density at radius 1 is 1.22 bits per heavy atom. The molecule has 0 spiro atoms. The van der Waals surface area contributed by atoms with Crippen LogP contribution in [0.1, 0.15) is 15.9 Å². The summed E-state index contributed by atoms with van der Waals surface area (Å²) >= 11 is 3.34. The van der Waals surface area contributed by atoms with Crippen molar-refractivity contribution in [1.29, 1.82) is 0 Å². The molecule has 2 aromatic carbocycles. The maximum atomic E-state index is 13.0. The molecule has 2 rings (SSSR count). The van der Waals surface area contributed by atoms with Crippen LogP contribution in [0.25, 0.3) is 0 Å². The van der Waals surface area contributed by atoms with E-state index in [0.717, 1.165) is 10.0 Å². The van der Waals surface area contributed by atoms with Crippen molar-refractivity contribution < 1.29 is 9.18 Å². The lowest BCUT2D eigenvalue weighted by Crippen LogP contribution is -2.12. The van der Waals surface area contributed by atoms with Gasteiger partial charge in [0.25, 0.3) is 5.91 Å². The molecule has 4 heteroatoms. The summed E-state index contributed by atoms with van der Waals surface area (Å²) in [7, 11) is 0. The zero-order valence-electron chi connectivity index (χ0n) is 9.71. The summed E-state index contributed by atoms with van der Waals surface area (Å²) in [6, 6.07) is 11.2. The third kappa shape index (κ3) is 3.17. The fourth-order valence-electron chi connectivity index (χ4n) is 1.64. The van der Waals surface area contributed by atoms with Gasteiger partial charge in [0, 0.05) is 15.7 Å². The van der Waals surface area contributed by atoms with Gasteiger partial charge in [-0.15, -0.1) is 0 Å². The van der Waals surface area contributed by atoms with E-state index >= 15 is 0 Å². The van der Waals surface area contributed by atoms with E-state index in [1.165, 1.54) is 12.1 Å². The summed E-state index contributed by atoms with van der Waals surface area (Å²) in [6.07, 6.45) is 0. The molecule has 0 aromatic heterocycles. The van der Waals surface area contributed by atoms with Crippen LogP contribution in [-0.2, 0) is 0 Å². The highest BCUT2D eigenvalue weighted by atomic mass is 79.9. The standard InChI is InChI=1S/C14H11BrFNO/c1-9-5-10(7-11(15)6-9)14(18)17-13-4-2-3-12(16)8-13/h2-8H,1H3,(H,17,18). The molecule has 92 valence electrons. The van der Waals surface area contributed by atoms with Gasteiger partial charge in [-0.05, 0) is 48.9 Å². The molecule has 0 aliphatic heterocycles. The van der Waals surface area contributed by atoms with Gasteiger partial charge in [0.2, 0.25) is 0 Å². The van der Waals surface area contributed by atoms with Crippen LogP contribution < -0.4 is 5.32 Å². The lowest BCUT2D eigenvalue weighted by molar-refractivity contribution is 0.102. The maximum Gasteiger partial charge on any atom is 0.255 e. The van der Waals surface area contributed by atoms with Gasteiger partial charge in [0.05, 0.1) is 0 Å². The molecule has 0 saturated heterocycles. The lowest BCUT2D eigenvalue weighted by atomic mass is 10.1. The minimum Gasteiger partial charge on any atom is -0.322 e. The number of hydrogen-bond donors (Lipinski definition) is 1. The van der Waals surface area contributed by atoms with Crippen molar-refractivity contribution in [2.24, 2.45) is 0 Å². The van der Waals surface area contributed by atoms with E-state index in [2.05, 4.69) is 21.2 Å². The zero-order chi connectivity index (χ0) is 13.1. The number of amides is 1. The fourth-order valence-corrected chi connectivity index (χ4v) is 2.24. The van der Waals surface area contributed by atoms with Gasteiger partial charge < -0.3 is 5.32 Å². The predicted octanol–water partition coefficient (Wildman–Crippen LogP) is 4.15. The lowest BCUT2D eigenvalue weighted by Gasteiger charge is -2.06. The van der Waals surface area contributed by atoms with E-state index in [1.807, 2.05) is 13.0 Å². The van der Waals surface area contributed by atoms with Crippen LogP contribution in [0.2, 0.25) is 0 Å². The second kappa shape index (κ2) is 5.31. The van der Waals surface area contributed by atoms with Crippen molar-refractivity contribution in [2.75, 3.05) is 5.32 Å². The van der Waals surface area contributed by atoms with Gasteiger partial charge in [0.1, 0.15) is 5.82 Å². The zero-order valence-corrected chi connectivity index (χ0v) is 11.3. The van der Waals surface area contributed by atoms with Crippen LogP contribution in [0.3, 0.4) is 0 Å². The summed E-state index contributed by atoms with van der Waals surface area (Å²) in [5.41, 5.74) is 1.96. The molecule has 0 atom stereocenters. The Bertz CT molecular complexity index is 578. The number of anilines is 1. The normalized spacial score (nSPS) is 10.2. The number of hydrogen-bond acceptors (Lipinski definition) is 1. The average Bonchev–Trinajstić information content (AvgIpc) is 2.27. The highest BCUT2D eigenvalue weighted by Crippen LogP contribution is 2.17. The molecule has 0 fully saturated rings. The Kier molecular flexibility index (Phi) is 3.77. The maximum absolute atomic E-state index is 13.0. The Balaban J connectivity index is 2.22. The van der Waals surface area contributed by atoms with Gasteiger partial charge in [0.15, 0.2) is 0 Å². The molecule has 1 amide bonds. The Labute approximate surface area is 113 Å². The quantitative estimate of drug-likeness (QED) is 0.887. The van der Waals surface area contributed by atoms with E-state index in [-0.39, 0.29) is 11.7 Å². The molecule has 0 bridgehead atoms. The molecular formula is C14H11BrFNO.